The largest absolute Gasteiger partial charge is 0.263 e. The Balaban J connectivity index is 2.03. The van der Waals surface area contributed by atoms with E-state index in [-0.39, 0.29) is 0 Å². The second-order valence-electron chi connectivity index (χ2n) is 4.69. The minimum atomic E-state index is 1.15. The summed E-state index contributed by atoms with van der Waals surface area (Å²) in [4.78, 5) is 4.36. The Hall–Kier alpha value is -2.41. The molecule has 0 saturated carbocycles. The molecule has 92 valence electrons. The number of hydrogen-bond acceptors (Lipinski definition) is 1. The van der Waals surface area contributed by atoms with Crippen LogP contribution in [0.1, 0.15) is 5.56 Å². The van der Waals surface area contributed by atoms with E-state index < -0.39 is 0 Å². The standard InChI is InChI=1S/C18H15N/c1-14-7-9-16(10-8-14)18-11-17(12-19-13-18)15-5-3-2-4-6-15/h2-13H,1H3. The summed E-state index contributed by atoms with van der Waals surface area (Å²) in [6.45, 7) is 2.10. The Labute approximate surface area is 113 Å². The van der Waals surface area contributed by atoms with Gasteiger partial charge in [-0.1, -0.05) is 60.2 Å². The molecular formula is C18H15N. The van der Waals surface area contributed by atoms with Crippen molar-refractivity contribution in [3.8, 4) is 22.3 Å². The van der Waals surface area contributed by atoms with Crippen molar-refractivity contribution < 1.29 is 0 Å². The summed E-state index contributed by atoms with van der Waals surface area (Å²) in [7, 11) is 0. The highest BCUT2D eigenvalue weighted by Crippen LogP contribution is 2.25. The highest BCUT2D eigenvalue weighted by molar-refractivity contribution is 5.71. The van der Waals surface area contributed by atoms with E-state index in [1.54, 1.807) is 0 Å². The van der Waals surface area contributed by atoms with Crippen molar-refractivity contribution >= 4 is 0 Å². The smallest absolute Gasteiger partial charge is 0.0346 e. The maximum Gasteiger partial charge on any atom is 0.0346 e. The molecule has 0 amide bonds. The first-order valence-electron chi connectivity index (χ1n) is 6.40. The lowest BCUT2D eigenvalue weighted by Gasteiger charge is -2.05. The third-order valence-corrected chi connectivity index (χ3v) is 3.23. The zero-order valence-electron chi connectivity index (χ0n) is 10.9. The fourth-order valence-corrected chi connectivity index (χ4v) is 2.13. The Morgan fingerprint density at radius 2 is 1.21 bits per heavy atom. The Bertz CT molecular complexity index is 670. The SMILES string of the molecule is Cc1ccc(-c2cncc(-c3ccccc3)c2)cc1. The van der Waals surface area contributed by atoms with Crippen molar-refractivity contribution in [2.45, 2.75) is 6.92 Å². The summed E-state index contributed by atoms with van der Waals surface area (Å²) in [5.74, 6) is 0. The molecule has 0 unspecified atom stereocenters. The van der Waals surface area contributed by atoms with Gasteiger partial charge in [0.25, 0.3) is 0 Å². The highest BCUT2D eigenvalue weighted by atomic mass is 14.6. The van der Waals surface area contributed by atoms with E-state index in [1.807, 2.05) is 30.6 Å². The molecular weight excluding hydrogens is 230 g/mol. The van der Waals surface area contributed by atoms with Crippen LogP contribution < -0.4 is 0 Å². The van der Waals surface area contributed by atoms with Crippen LogP contribution in [0.25, 0.3) is 22.3 Å². The minimum absolute atomic E-state index is 1.15. The van der Waals surface area contributed by atoms with Gasteiger partial charge < -0.3 is 0 Å². The molecule has 0 radical (unpaired) electrons. The molecule has 0 aliphatic heterocycles. The zero-order valence-corrected chi connectivity index (χ0v) is 10.9. The topological polar surface area (TPSA) is 12.9 Å². The van der Waals surface area contributed by atoms with Gasteiger partial charge in [-0.25, -0.2) is 0 Å². The van der Waals surface area contributed by atoms with Crippen LogP contribution in [0.5, 0.6) is 0 Å². The molecule has 0 saturated heterocycles. The van der Waals surface area contributed by atoms with E-state index >= 15 is 0 Å². The van der Waals surface area contributed by atoms with Crippen LogP contribution >= 0.6 is 0 Å². The van der Waals surface area contributed by atoms with Crippen LogP contribution in [0.4, 0.5) is 0 Å². The first-order chi connectivity index (χ1) is 9.33. The predicted octanol–water partition coefficient (Wildman–Crippen LogP) is 4.72. The van der Waals surface area contributed by atoms with Crippen LogP contribution in [0, 0.1) is 6.92 Å². The van der Waals surface area contributed by atoms with E-state index in [0.717, 1.165) is 11.1 Å². The molecule has 2 aromatic carbocycles. The summed E-state index contributed by atoms with van der Waals surface area (Å²) in [5.41, 5.74) is 5.98. The van der Waals surface area contributed by atoms with Gasteiger partial charge in [0.15, 0.2) is 0 Å². The number of hydrogen-bond donors (Lipinski definition) is 0. The first-order valence-corrected chi connectivity index (χ1v) is 6.40. The highest BCUT2D eigenvalue weighted by Gasteiger charge is 2.01. The molecule has 0 spiro atoms. The van der Waals surface area contributed by atoms with E-state index in [0.29, 0.717) is 0 Å². The lowest BCUT2D eigenvalue weighted by atomic mass is 10.0. The molecule has 3 aromatic rings. The van der Waals surface area contributed by atoms with Crippen molar-refractivity contribution in [3.05, 3.63) is 78.6 Å². The molecule has 1 heteroatoms. The fourth-order valence-electron chi connectivity index (χ4n) is 2.13. The van der Waals surface area contributed by atoms with Gasteiger partial charge in [0.2, 0.25) is 0 Å². The lowest BCUT2D eigenvalue weighted by Crippen LogP contribution is -1.84. The van der Waals surface area contributed by atoms with Gasteiger partial charge in [-0.15, -0.1) is 0 Å². The molecule has 0 fully saturated rings. The van der Waals surface area contributed by atoms with Gasteiger partial charge in [0, 0.05) is 23.5 Å². The van der Waals surface area contributed by atoms with Gasteiger partial charge >= 0.3 is 0 Å². The maximum absolute atomic E-state index is 4.36. The van der Waals surface area contributed by atoms with Crippen molar-refractivity contribution in [2.24, 2.45) is 0 Å². The third kappa shape index (κ3) is 2.55. The summed E-state index contributed by atoms with van der Waals surface area (Å²) in [5, 5.41) is 0. The summed E-state index contributed by atoms with van der Waals surface area (Å²) in [6.07, 6.45) is 3.82. The van der Waals surface area contributed by atoms with Crippen molar-refractivity contribution in [3.63, 3.8) is 0 Å². The molecule has 3 rings (SSSR count). The van der Waals surface area contributed by atoms with Crippen molar-refractivity contribution in [1.82, 2.24) is 4.98 Å². The number of aryl methyl sites for hydroxylation is 1. The number of aromatic nitrogens is 1. The van der Waals surface area contributed by atoms with Crippen LogP contribution in [0.3, 0.4) is 0 Å². The van der Waals surface area contributed by atoms with E-state index in [2.05, 4.69) is 54.4 Å². The fraction of sp³-hybridized carbons (Fsp3) is 0.0556. The number of nitrogens with zero attached hydrogens (tertiary/aromatic N) is 1. The minimum Gasteiger partial charge on any atom is -0.263 e. The molecule has 1 heterocycles. The van der Waals surface area contributed by atoms with Gasteiger partial charge in [-0.3, -0.25) is 4.98 Å². The first kappa shape index (κ1) is 11.7. The molecule has 0 N–H and O–H groups in total. The Morgan fingerprint density at radius 3 is 1.84 bits per heavy atom. The van der Waals surface area contributed by atoms with Gasteiger partial charge in [-0.05, 0) is 24.1 Å². The van der Waals surface area contributed by atoms with E-state index in [1.165, 1.54) is 16.7 Å². The predicted molar refractivity (Wildman–Crippen MR) is 79.8 cm³/mol. The molecule has 0 atom stereocenters. The maximum atomic E-state index is 4.36. The van der Waals surface area contributed by atoms with E-state index in [4.69, 9.17) is 0 Å². The average molecular weight is 245 g/mol. The summed E-state index contributed by atoms with van der Waals surface area (Å²) >= 11 is 0. The van der Waals surface area contributed by atoms with Crippen LogP contribution in [0.2, 0.25) is 0 Å². The lowest BCUT2D eigenvalue weighted by molar-refractivity contribution is 1.33. The van der Waals surface area contributed by atoms with Crippen molar-refractivity contribution in [2.75, 3.05) is 0 Å². The Morgan fingerprint density at radius 1 is 0.632 bits per heavy atom. The van der Waals surface area contributed by atoms with Crippen LogP contribution in [-0.4, -0.2) is 4.98 Å². The normalized spacial score (nSPS) is 10.4. The quantitative estimate of drug-likeness (QED) is 0.636. The summed E-state index contributed by atoms with van der Waals surface area (Å²) < 4.78 is 0. The molecule has 0 bridgehead atoms. The monoisotopic (exact) mass is 245 g/mol. The van der Waals surface area contributed by atoms with E-state index in [9.17, 15) is 0 Å². The van der Waals surface area contributed by atoms with Crippen LogP contribution in [0.15, 0.2) is 73.1 Å². The summed E-state index contributed by atoms with van der Waals surface area (Å²) in [6, 6.07) is 21.1. The van der Waals surface area contributed by atoms with Gasteiger partial charge in [-0.2, -0.15) is 0 Å². The van der Waals surface area contributed by atoms with Gasteiger partial charge in [0.05, 0.1) is 0 Å². The zero-order chi connectivity index (χ0) is 13.1. The number of pyridine rings is 1. The van der Waals surface area contributed by atoms with Crippen molar-refractivity contribution in [1.29, 1.82) is 0 Å². The Kier molecular flexibility index (Phi) is 3.11. The second kappa shape index (κ2) is 5.07. The van der Waals surface area contributed by atoms with Crippen LogP contribution in [-0.2, 0) is 0 Å². The third-order valence-electron chi connectivity index (χ3n) is 3.23. The van der Waals surface area contributed by atoms with Gasteiger partial charge in [0.1, 0.15) is 0 Å². The molecule has 0 aliphatic rings. The average Bonchev–Trinajstić information content (AvgIpc) is 2.49. The molecule has 19 heavy (non-hydrogen) atoms. The second-order valence-corrected chi connectivity index (χ2v) is 4.69. The molecule has 0 aliphatic carbocycles. The number of benzene rings is 2. The number of rotatable bonds is 2. The molecule has 1 nitrogen and oxygen atoms in total. The molecule has 1 aromatic heterocycles.